The van der Waals surface area contributed by atoms with Crippen LogP contribution >= 0.6 is 0 Å². The summed E-state index contributed by atoms with van der Waals surface area (Å²) < 4.78 is 16.7. The molecule has 0 rings (SSSR count). The zero-order valence-electron chi connectivity index (χ0n) is 38.3. The summed E-state index contributed by atoms with van der Waals surface area (Å²) in [6, 6.07) is 0. The first-order chi connectivity index (χ1) is 28.5. The molecule has 0 aliphatic carbocycles. The van der Waals surface area contributed by atoms with Crippen LogP contribution in [0.25, 0.3) is 0 Å². The number of ether oxygens (including phenoxy) is 3. The molecule has 1 atom stereocenters. The van der Waals surface area contributed by atoms with Crippen LogP contribution in [0.5, 0.6) is 0 Å². The molecule has 0 bridgehead atoms. The minimum absolute atomic E-state index is 0.0778. The van der Waals surface area contributed by atoms with Gasteiger partial charge in [-0.15, -0.1) is 0 Å². The van der Waals surface area contributed by atoms with Crippen LogP contribution in [0.1, 0.15) is 245 Å². The summed E-state index contributed by atoms with van der Waals surface area (Å²) >= 11 is 0. The molecule has 58 heavy (non-hydrogen) atoms. The van der Waals surface area contributed by atoms with E-state index in [4.69, 9.17) is 14.2 Å². The monoisotopic (exact) mass is 813 g/mol. The SMILES string of the molecule is CC/C=C\C/C=C\C/C=C\C/C=C\CCCCCCC(=O)OCC(COC(=O)CCCCCCCCCCCCC)OC(=O)CCCCCCCCCCCCCC. The molecule has 0 N–H and O–H groups in total. The molecule has 0 amide bonds. The molecule has 6 nitrogen and oxygen atoms in total. The van der Waals surface area contributed by atoms with E-state index in [1.807, 2.05) is 0 Å². The lowest BCUT2D eigenvalue weighted by molar-refractivity contribution is -0.167. The maximum absolute atomic E-state index is 12.7. The van der Waals surface area contributed by atoms with Crippen molar-refractivity contribution >= 4 is 17.9 Å². The maximum atomic E-state index is 12.7. The van der Waals surface area contributed by atoms with Gasteiger partial charge in [-0.2, -0.15) is 0 Å². The topological polar surface area (TPSA) is 78.9 Å². The van der Waals surface area contributed by atoms with Crippen molar-refractivity contribution in [2.24, 2.45) is 0 Å². The minimum Gasteiger partial charge on any atom is -0.462 e. The molecule has 0 aromatic carbocycles. The van der Waals surface area contributed by atoms with Crippen LogP contribution in [0.3, 0.4) is 0 Å². The summed E-state index contributed by atoms with van der Waals surface area (Å²) in [6.45, 7) is 6.50. The fraction of sp³-hybridized carbons (Fsp3) is 0.788. The van der Waals surface area contributed by atoms with Gasteiger partial charge in [0.1, 0.15) is 13.2 Å². The van der Waals surface area contributed by atoms with Gasteiger partial charge in [-0.05, 0) is 57.8 Å². The highest BCUT2D eigenvalue weighted by Crippen LogP contribution is 2.15. The number of rotatable bonds is 44. The van der Waals surface area contributed by atoms with E-state index in [1.165, 1.54) is 109 Å². The average Bonchev–Trinajstić information content (AvgIpc) is 3.22. The Morgan fingerprint density at radius 2 is 0.672 bits per heavy atom. The quantitative estimate of drug-likeness (QED) is 0.0264. The van der Waals surface area contributed by atoms with E-state index in [-0.39, 0.29) is 31.1 Å². The Bertz CT molecular complexity index is 1030. The molecule has 0 aliphatic rings. The average molecular weight is 813 g/mol. The Labute approximate surface area is 358 Å². The summed E-state index contributed by atoms with van der Waals surface area (Å²) in [4.78, 5) is 37.8. The normalized spacial score (nSPS) is 12.4. The molecular formula is C52H92O6. The molecule has 6 heteroatoms. The molecule has 0 aromatic heterocycles. The number of unbranched alkanes of at least 4 members (excludes halogenated alkanes) is 25. The summed E-state index contributed by atoms with van der Waals surface area (Å²) in [5.74, 6) is -0.898. The van der Waals surface area contributed by atoms with Crippen molar-refractivity contribution in [1.82, 2.24) is 0 Å². The fourth-order valence-corrected chi connectivity index (χ4v) is 6.90. The van der Waals surface area contributed by atoms with Crippen molar-refractivity contribution < 1.29 is 28.6 Å². The first-order valence-electron chi connectivity index (χ1n) is 24.6. The molecule has 0 radical (unpaired) electrons. The predicted octanol–water partition coefficient (Wildman–Crippen LogP) is 15.9. The lowest BCUT2D eigenvalue weighted by Crippen LogP contribution is -2.30. The van der Waals surface area contributed by atoms with Crippen molar-refractivity contribution in [3.05, 3.63) is 48.6 Å². The van der Waals surface area contributed by atoms with Gasteiger partial charge in [-0.3, -0.25) is 14.4 Å². The van der Waals surface area contributed by atoms with Gasteiger partial charge in [0.05, 0.1) is 0 Å². The van der Waals surface area contributed by atoms with Gasteiger partial charge in [0, 0.05) is 19.3 Å². The molecule has 0 aliphatic heterocycles. The third-order valence-electron chi connectivity index (χ3n) is 10.6. The summed E-state index contributed by atoms with van der Waals surface area (Å²) in [5.41, 5.74) is 0. The van der Waals surface area contributed by atoms with Crippen molar-refractivity contribution in [2.45, 2.75) is 252 Å². The Morgan fingerprint density at radius 3 is 1.05 bits per heavy atom. The van der Waals surface area contributed by atoms with Crippen molar-refractivity contribution in [2.75, 3.05) is 13.2 Å². The van der Waals surface area contributed by atoms with Crippen LogP contribution in [-0.2, 0) is 28.6 Å². The first kappa shape index (κ1) is 55.4. The number of esters is 3. The third kappa shape index (κ3) is 44.5. The smallest absolute Gasteiger partial charge is 0.306 e. The first-order valence-corrected chi connectivity index (χ1v) is 24.6. The van der Waals surface area contributed by atoms with Crippen molar-refractivity contribution in [3.8, 4) is 0 Å². The highest BCUT2D eigenvalue weighted by atomic mass is 16.6. The number of allylic oxidation sites excluding steroid dienone is 8. The summed E-state index contributed by atoms with van der Waals surface area (Å²) in [7, 11) is 0. The molecule has 0 heterocycles. The van der Waals surface area contributed by atoms with Crippen LogP contribution in [0.2, 0.25) is 0 Å². The molecule has 0 spiro atoms. The Kier molecular flexibility index (Phi) is 44.9. The van der Waals surface area contributed by atoms with E-state index < -0.39 is 6.10 Å². The molecule has 0 aromatic rings. The number of hydrogen-bond acceptors (Lipinski definition) is 6. The molecule has 0 saturated heterocycles. The fourth-order valence-electron chi connectivity index (χ4n) is 6.90. The van der Waals surface area contributed by atoms with E-state index in [9.17, 15) is 14.4 Å². The van der Waals surface area contributed by atoms with Crippen LogP contribution in [0.15, 0.2) is 48.6 Å². The second-order valence-corrected chi connectivity index (χ2v) is 16.4. The van der Waals surface area contributed by atoms with Crippen molar-refractivity contribution in [1.29, 1.82) is 0 Å². The Hall–Kier alpha value is -2.63. The highest BCUT2D eigenvalue weighted by molar-refractivity contribution is 5.71. The van der Waals surface area contributed by atoms with E-state index in [1.54, 1.807) is 0 Å². The van der Waals surface area contributed by atoms with Gasteiger partial charge in [0.15, 0.2) is 6.10 Å². The zero-order valence-corrected chi connectivity index (χ0v) is 38.3. The molecule has 0 fully saturated rings. The molecule has 1 unspecified atom stereocenters. The number of carbonyl (C=O) groups excluding carboxylic acids is 3. The lowest BCUT2D eigenvalue weighted by Gasteiger charge is -2.18. The highest BCUT2D eigenvalue weighted by Gasteiger charge is 2.19. The molecule has 336 valence electrons. The van der Waals surface area contributed by atoms with Gasteiger partial charge in [-0.1, -0.05) is 217 Å². The second kappa shape index (κ2) is 47.1. The van der Waals surface area contributed by atoms with Gasteiger partial charge in [-0.25, -0.2) is 0 Å². The van der Waals surface area contributed by atoms with Gasteiger partial charge < -0.3 is 14.2 Å². The Morgan fingerprint density at radius 1 is 0.362 bits per heavy atom. The maximum Gasteiger partial charge on any atom is 0.306 e. The van der Waals surface area contributed by atoms with Crippen molar-refractivity contribution in [3.63, 3.8) is 0 Å². The minimum atomic E-state index is -0.777. The van der Waals surface area contributed by atoms with E-state index in [2.05, 4.69) is 69.4 Å². The van der Waals surface area contributed by atoms with Crippen LogP contribution in [0.4, 0.5) is 0 Å². The molecule has 0 saturated carbocycles. The van der Waals surface area contributed by atoms with Gasteiger partial charge >= 0.3 is 17.9 Å². The zero-order chi connectivity index (χ0) is 42.3. The van der Waals surface area contributed by atoms with E-state index in [0.29, 0.717) is 19.3 Å². The molecular weight excluding hydrogens is 721 g/mol. The van der Waals surface area contributed by atoms with Gasteiger partial charge in [0.25, 0.3) is 0 Å². The van der Waals surface area contributed by atoms with Crippen LogP contribution < -0.4 is 0 Å². The Balaban J connectivity index is 4.38. The third-order valence-corrected chi connectivity index (χ3v) is 10.6. The van der Waals surface area contributed by atoms with E-state index in [0.717, 1.165) is 96.3 Å². The second-order valence-electron chi connectivity index (χ2n) is 16.4. The van der Waals surface area contributed by atoms with Crippen LogP contribution in [0, 0.1) is 0 Å². The standard InChI is InChI=1S/C52H92O6/c1-4-7-10-13-16-19-22-24-25-26-27-28-31-33-36-39-42-45-51(54)57-48-49(47-56-50(53)44-41-38-35-32-29-21-18-15-12-9-6-3)58-52(55)46-43-40-37-34-30-23-20-17-14-11-8-5-2/h7,10,16,19,24-25,27-28,49H,4-6,8-9,11-15,17-18,20-23,26,29-48H2,1-3H3/b10-7-,19-16-,25-24-,28-27-. The summed E-state index contributed by atoms with van der Waals surface area (Å²) in [5, 5.41) is 0. The largest absolute Gasteiger partial charge is 0.462 e. The van der Waals surface area contributed by atoms with Crippen LogP contribution in [-0.4, -0.2) is 37.2 Å². The number of hydrogen-bond donors (Lipinski definition) is 0. The summed E-state index contributed by atoms with van der Waals surface area (Å²) in [6.07, 6.45) is 55.2. The van der Waals surface area contributed by atoms with E-state index >= 15 is 0 Å². The van der Waals surface area contributed by atoms with Gasteiger partial charge in [0.2, 0.25) is 0 Å². The lowest BCUT2D eigenvalue weighted by atomic mass is 10.0. The predicted molar refractivity (Wildman–Crippen MR) is 247 cm³/mol. The number of carbonyl (C=O) groups is 3.